The van der Waals surface area contributed by atoms with Crippen LogP contribution in [0.25, 0.3) is 0 Å². The van der Waals surface area contributed by atoms with Crippen LogP contribution in [-0.4, -0.2) is 47.4 Å². The number of nitrogens with one attached hydrogen (secondary N) is 1. The number of hydrogen-bond donors (Lipinski definition) is 3. The predicted molar refractivity (Wildman–Crippen MR) is 440 cm³/mol. The Morgan fingerprint density at radius 2 is 0.505 bits per heavy atom. The van der Waals surface area contributed by atoms with Crippen LogP contribution in [0.4, 0.5) is 0 Å². The Bertz CT molecular complexity index is 1560. The maximum Gasteiger partial charge on any atom is 0.305 e. The first kappa shape index (κ1) is 97.3. The van der Waals surface area contributed by atoms with Gasteiger partial charge in [0, 0.05) is 12.8 Å². The Balaban J connectivity index is 3.30. The summed E-state index contributed by atoms with van der Waals surface area (Å²) in [6.45, 7) is 5.00. The Morgan fingerprint density at radius 1 is 0.283 bits per heavy atom. The molecule has 0 aliphatic carbocycles. The number of unbranched alkanes of at least 4 members (excludes halogenated alkanes) is 73. The van der Waals surface area contributed by atoms with Crippen LogP contribution in [0.2, 0.25) is 0 Å². The van der Waals surface area contributed by atoms with Crippen LogP contribution in [0.1, 0.15) is 534 Å². The van der Waals surface area contributed by atoms with Crippen LogP contribution in [0.5, 0.6) is 0 Å². The van der Waals surface area contributed by atoms with E-state index in [0.717, 1.165) is 51.4 Å². The van der Waals surface area contributed by atoms with Crippen molar-refractivity contribution in [2.45, 2.75) is 546 Å². The molecule has 0 aromatic heterocycles. The third kappa shape index (κ3) is 85.2. The zero-order valence-electron chi connectivity index (χ0n) is 67.8. The van der Waals surface area contributed by atoms with Crippen molar-refractivity contribution >= 4 is 11.9 Å². The number of carbonyl (C=O) groups is 2. The van der Waals surface area contributed by atoms with Crippen molar-refractivity contribution < 1.29 is 24.5 Å². The van der Waals surface area contributed by atoms with E-state index in [9.17, 15) is 19.8 Å². The van der Waals surface area contributed by atoms with Gasteiger partial charge < -0.3 is 20.3 Å². The summed E-state index contributed by atoms with van der Waals surface area (Å²) < 4.78 is 5.52. The Hall–Kier alpha value is -1.66. The van der Waals surface area contributed by atoms with Crippen LogP contribution in [0.15, 0.2) is 24.3 Å². The molecule has 0 saturated carbocycles. The zero-order chi connectivity index (χ0) is 71.2. The molecule has 0 bridgehead atoms. The molecule has 0 spiro atoms. The fraction of sp³-hybridized carbons (Fsp3) is 0.935. The van der Waals surface area contributed by atoms with Gasteiger partial charge in [0.15, 0.2) is 0 Å². The van der Waals surface area contributed by atoms with Crippen molar-refractivity contribution in [2.24, 2.45) is 0 Å². The van der Waals surface area contributed by atoms with Gasteiger partial charge in [-0.2, -0.15) is 0 Å². The Morgan fingerprint density at radius 3 is 0.778 bits per heavy atom. The second kappa shape index (κ2) is 88.7. The number of allylic oxidation sites excluding steroid dienone is 4. The first-order valence-corrected chi connectivity index (χ1v) is 46.1. The number of ether oxygens (including phenoxy) is 1. The molecular weight excluding hydrogens is 1210 g/mol. The van der Waals surface area contributed by atoms with E-state index in [1.165, 1.54) is 449 Å². The first-order chi connectivity index (χ1) is 49.0. The summed E-state index contributed by atoms with van der Waals surface area (Å²) in [5, 5.41) is 23.5. The lowest BCUT2D eigenvalue weighted by atomic mass is 10.0. The maximum absolute atomic E-state index is 12.6. The second-order valence-corrected chi connectivity index (χ2v) is 32.0. The number of hydrogen-bond acceptors (Lipinski definition) is 5. The van der Waals surface area contributed by atoms with Gasteiger partial charge in [0.1, 0.15) is 0 Å². The zero-order valence-corrected chi connectivity index (χ0v) is 67.8. The molecule has 0 heterocycles. The highest BCUT2D eigenvalue weighted by Gasteiger charge is 2.20. The predicted octanol–water partition coefficient (Wildman–Crippen LogP) is 31.1. The Kier molecular flexibility index (Phi) is 87.2. The molecule has 6 nitrogen and oxygen atoms in total. The average molecular weight is 1390 g/mol. The minimum Gasteiger partial charge on any atom is -0.466 e. The van der Waals surface area contributed by atoms with Crippen molar-refractivity contribution in [3.63, 3.8) is 0 Å². The summed E-state index contributed by atoms with van der Waals surface area (Å²) in [5.41, 5.74) is 0. The van der Waals surface area contributed by atoms with Crippen LogP contribution in [0, 0.1) is 0 Å². The molecule has 2 unspecified atom stereocenters. The molecular formula is C93H181NO5. The van der Waals surface area contributed by atoms with E-state index in [0.29, 0.717) is 25.9 Å². The fourth-order valence-corrected chi connectivity index (χ4v) is 15.0. The number of rotatable bonds is 88. The third-order valence-corrected chi connectivity index (χ3v) is 22.0. The monoisotopic (exact) mass is 1390 g/mol. The van der Waals surface area contributed by atoms with E-state index in [-0.39, 0.29) is 18.5 Å². The molecule has 0 saturated heterocycles. The molecule has 0 rings (SSSR count). The normalized spacial score (nSPS) is 12.5. The lowest BCUT2D eigenvalue weighted by Crippen LogP contribution is -2.45. The van der Waals surface area contributed by atoms with Crippen LogP contribution in [0.3, 0.4) is 0 Å². The highest BCUT2D eigenvalue weighted by molar-refractivity contribution is 5.76. The second-order valence-electron chi connectivity index (χ2n) is 32.0. The molecule has 2 atom stereocenters. The summed E-state index contributed by atoms with van der Waals surface area (Å²) in [6.07, 6.45) is 116. The summed E-state index contributed by atoms with van der Waals surface area (Å²) in [5.74, 6) is -0.00399. The van der Waals surface area contributed by atoms with Gasteiger partial charge in [0.2, 0.25) is 5.91 Å². The highest BCUT2D eigenvalue weighted by atomic mass is 16.5. The topological polar surface area (TPSA) is 95.9 Å². The lowest BCUT2D eigenvalue weighted by molar-refractivity contribution is -0.143. The highest BCUT2D eigenvalue weighted by Crippen LogP contribution is 2.22. The van der Waals surface area contributed by atoms with E-state index in [2.05, 4.69) is 43.5 Å². The number of carbonyl (C=O) groups excluding carboxylic acids is 2. The maximum atomic E-state index is 12.6. The van der Waals surface area contributed by atoms with Crippen molar-refractivity contribution in [1.82, 2.24) is 5.32 Å². The van der Waals surface area contributed by atoms with Crippen molar-refractivity contribution in [1.29, 1.82) is 0 Å². The first-order valence-electron chi connectivity index (χ1n) is 46.1. The van der Waals surface area contributed by atoms with Gasteiger partial charge in [-0.25, -0.2) is 0 Å². The van der Waals surface area contributed by atoms with Gasteiger partial charge in [-0.05, 0) is 57.8 Å². The van der Waals surface area contributed by atoms with Gasteiger partial charge in [-0.15, -0.1) is 0 Å². The van der Waals surface area contributed by atoms with E-state index >= 15 is 0 Å². The molecule has 6 heteroatoms. The summed E-state index contributed by atoms with van der Waals surface area (Å²) in [6, 6.07) is -0.538. The van der Waals surface area contributed by atoms with Crippen LogP contribution in [-0.2, 0) is 14.3 Å². The number of aliphatic hydroxyl groups is 2. The molecule has 588 valence electrons. The number of amides is 1. The minimum atomic E-state index is -0.662. The van der Waals surface area contributed by atoms with Gasteiger partial charge in [-0.3, -0.25) is 9.59 Å². The summed E-state index contributed by atoms with van der Waals surface area (Å²) in [4.78, 5) is 24.7. The van der Waals surface area contributed by atoms with Crippen molar-refractivity contribution in [2.75, 3.05) is 13.2 Å². The van der Waals surface area contributed by atoms with Gasteiger partial charge in [0.25, 0.3) is 0 Å². The molecule has 0 aromatic rings. The fourth-order valence-electron chi connectivity index (χ4n) is 15.0. The number of aliphatic hydroxyl groups excluding tert-OH is 2. The quantitative estimate of drug-likeness (QED) is 0.0320. The molecule has 1 amide bonds. The summed E-state index contributed by atoms with van der Waals surface area (Å²) in [7, 11) is 0. The molecule has 0 aromatic carbocycles. The van der Waals surface area contributed by atoms with E-state index in [1.54, 1.807) is 0 Å². The largest absolute Gasteiger partial charge is 0.466 e. The minimum absolute atomic E-state index is 0.0180. The average Bonchev–Trinajstić information content (AvgIpc) is 2.05. The molecule has 99 heavy (non-hydrogen) atoms. The van der Waals surface area contributed by atoms with E-state index in [1.807, 2.05) is 0 Å². The molecule has 3 N–H and O–H groups in total. The standard InChI is InChI=1S/C93H181NO5/c1-3-5-7-9-11-13-15-17-19-21-23-24-25-41-44-47-50-53-57-61-65-69-73-77-81-85-91(96)90(89-95)94-92(97)86-82-78-74-70-66-62-58-54-51-48-45-42-39-37-35-33-31-29-27-26-28-30-32-34-36-38-40-43-46-49-52-56-60-64-68-72-76-80-84-88-99-93(98)87-83-79-75-71-67-63-59-55-22-20-18-16-14-12-10-8-6-4-2/h14,16,20,22,90-91,95-96H,3-13,15,17-19,21,23-89H2,1-2H3,(H,94,97)/b16-14-,22-20-. The van der Waals surface area contributed by atoms with Crippen LogP contribution >= 0.6 is 0 Å². The molecule has 0 aliphatic heterocycles. The van der Waals surface area contributed by atoms with E-state index in [4.69, 9.17) is 4.74 Å². The SMILES string of the molecule is CCCCCC/C=C\C/C=C\CCCCCCCCCC(=O)OCCCCCCCCCCCCCCCCCCCCCCCCCCCCCCCCCCCCCCCCCC(=O)NC(CO)C(O)CCCCCCCCCCCCCCCCCCCCCCCCCCC. The van der Waals surface area contributed by atoms with Crippen molar-refractivity contribution in [3.8, 4) is 0 Å². The van der Waals surface area contributed by atoms with Crippen LogP contribution < -0.4 is 5.32 Å². The van der Waals surface area contributed by atoms with Gasteiger partial charge in [0.05, 0.1) is 25.4 Å². The van der Waals surface area contributed by atoms with Gasteiger partial charge >= 0.3 is 5.97 Å². The number of esters is 1. The Labute approximate surface area is 622 Å². The molecule has 0 radical (unpaired) electrons. The lowest BCUT2D eigenvalue weighted by Gasteiger charge is -2.22. The molecule has 0 aliphatic rings. The van der Waals surface area contributed by atoms with E-state index < -0.39 is 12.1 Å². The summed E-state index contributed by atoms with van der Waals surface area (Å²) >= 11 is 0. The van der Waals surface area contributed by atoms with Gasteiger partial charge in [-0.1, -0.05) is 488 Å². The van der Waals surface area contributed by atoms with Crippen molar-refractivity contribution in [3.05, 3.63) is 24.3 Å². The smallest absolute Gasteiger partial charge is 0.305 e. The molecule has 0 fully saturated rings. The third-order valence-electron chi connectivity index (χ3n) is 22.0.